The van der Waals surface area contributed by atoms with Crippen molar-refractivity contribution in [3.05, 3.63) is 78.4 Å². The van der Waals surface area contributed by atoms with Gasteiger partial charge in [-0.1, -0.05) is 6.07 Å². The second-order valence-corrected chi connectivity index (χ2v) is 6.85. The molecule has 0 atom stereocenters. The topological polar surface area (TPSA) is 89.0 Å². The third-order valence-electron chi connectivity index (χ3n) is 4.50. The number of hydrogen-bond donors (Lipinski definition) is 2. The van der Waals surface area contributed by atoms with Gasteiger partial charge in [-0.05, 0) is 61.0 Å². The number of rotatable bonds is 6. The first-order chi connectivity index (χ1) is 14.6. The molecule has 2 aromatic heterocycles. The molecule has 7 nitrogen and oxygen atoms in total. The van der Waals surface area contributed by atoms with Crippen LogP contribution in [0.1, 0.15) is 18.2 Å². The number of amides is 1. The van der Waals surface area contributed by atoms with Crippen LogP contribution in [0.25, 0.3) is 10.9 Å². The number of pyridine rings is 1. The normalized spacial score (nSPS) is 10.6. The summed E-state index contributed by atoms with van der Waals surface area (Å²) in [6.07, 6.45) is 3.27. The van der Waals surface area contributed by atoms with E-state index in [-0.39, 0.29) is 5.91 Å². The lowest BCUT2D eigenvalue weighted by atomic mass is 10.1. The summed E-state index contributed by atoms with van der Waals surface area (Å²) in [6.45, 7) is 3.88. The molecule has 2 N–H and O–H groups in total. The lowest BCUT2D eigenvalue weighted by Crippen LogP contribution is -2.06. The summed E-state index contributed by atoms with van der Waals surface area (Å²) in [6, 6.07) is 17.1. The molecule has 0 bridgehead atoms. The molecule has 2 heterocycles. The molecule has 4 aromatic rings. The Bertz CT molecular complexity index is 1190. The smallest absolute Gasteiger partial charge is 0.221 e. The quantitative estimate of drug-likeness (QED) is 0.492. The number of hydrogen-bond acceptors (Lipinski definition) is 6. The van der Waals surface area contributed by atoms with Gasteiger partial charge in [0.1, 0.15) is 24.5 Å². The summed E-state index contributed by atoms with van der Waals surface area (Å²) in [7, 11) is 0. The minimum absolute atomic E-state index is 0.127. The van der Waals surface area contributed by atoms with Crippen molar-refractivity contribution in [2.24, 2.45) is 0 Å². The number of nitrogens with zero attached hydrogens (tertiary/aromatic N) is 3. The molecule has 0 aliphatic rings. The van der Waals surface area contributed by atoms with E-state index < -0.39 is 0 Å². The Labute approximate surface area is 174 Å². The van der Waals surface area contributed by atoms with Crippen molar-refractivity contribution in [1.29, 1.82) is 0 Å². The Hall–Kier alpha value is -4.00. The standard InChI is InChI=1S/C23H21N5O2/c1-15-11-17(7-9-22(15)30-13-19-5-3-4-10-24-19)28-23-20-12-18(27-16(2)29)6-8-21(20)25-14-26-23/h3-12,14H,13H2,1-2H3,(H,27,29)(H,25,26,28). The summed E-state index contributed by atoms with van der Waals surface area (Å²) in [5.74, 6) is 1.33. The Morgan fingerprint density at radius 2 is 1.87 bits per heavy atom. The van der Waals surface area contributed by atoms with Gasteiger partial charge in [-0.15, -0.1) is 0 Å². The van der Waals surface area contributed by atoms with Gasteiger partial charge in [0.05, 0.1) is 11.2 Å². The zero-order valence-corrected chi connectivity index (χ0v) is 16.7. The number of aryl methyl sites for hydroxylation is 1. The number of nitrogens with one attached hydrogen (secondary N) is 2. The molecule has 0 unspecified atom stereocenters. The second kappa shape index (κ2) is 8.57. The highest BCUT2D eigenvalue weighted by molar-refractivity contribution is 5.96. The summed E-state index contributed by atoms with van der Waals surface area (Å²) >= 11 is 0. The second-order valence-electron chi connectivity index (χ2n) is 6.85. The Balaban J connectivity index is 1.54. The lowest BCUT2D eigenvalue weighted by Gasteiger charge is -2.13. The van der Waals surface area contributed by atoms with Crippen LogP contribution in [-0.4, -0.2) is 20.9 Å². The van der Waals surface area contributed by atoms with Crippen molar-refractivity contribution in [2.45, 2.75) is 20.5 Å². The fraction of sp³-hybridized carbons (Fsp3) is 0.130. The van der Waals surface area contributed by atoms with Crippen molar-refractivity contribution < 1.29 is 9.53 Å². The van der Waals surface area contributed by atoms with Crippen LogP contribution < -0.4 is 15.4 Å². The first-order valence-electron chi connectivity index (χ1n) is 9.51. The van der Waals surface area contributed by atoms with Gasteiger partial charge in [0.25, 0.3) is 0 Å². The molecule has 0 aliphatic heterocycles. The number of carbonyl (C=O) groups is 1. The maximum absolute atomic E-state index is 11.4. The van der Waals surface area contributed by atoms with Crippen LogP contribution in [-0.2, 0) is 11.4 Å². The maximum atomic E-state index is 11.4. The molecular weight excluding hydrogens is 378 g/mol. The molecular formula is C23H21N5O2. The average Bonchev–Trinajstić information content (AvgIpc) is 2.74. The Morgan fingerprint density at radius 3 is 2.63 bits per heavy atom. The van der Waals surface area contributed by atoms with E-state index in [1.54, 1.807) is 6.20 Å². The molecule has 0 spiro atoms. The number of ether oxygens (including phenoxy) is 1. The minimum Gasteiger partial charge on any atom is -0.487 e. The van der Waals surface area contributed by atoms with Gasteiger partial charge in [0.2, 0.25) is 5.91 Å². The van der Waals surface area contributed by atoms with E-state index in [0.29, 0.717) is 18.1 Å². The number of fused-ring (bicyclic) bond motifs is 1. The maximum Gasteiger partial charge on any atom is 0.221 e. The van der Waals surface area contributed by atoms with Crippen LogP contribution in [0.15, 0.2) is 67.1 Å². The number of anilines is 3. The molecule has 0 aliphatic carbocycles. The molecule has 1 amide bonds. The molecule has 7 heteroatoms. The van der Waals surface area contributed by atoms with E-state index in [0.717, 1.165) is 33.6 Å². The van der Waals surface area contributed by atoms with Gasteiger partial charge in [0, 0.05) is 29.9 Å². The van der Waals surface area contributed by atoms with Crippen LogP contribution in [0.3, 0.4) is 0 Å². The summed E-state index contributed by atoms with van der Waals surface area (Å²) in [5.41, 5.74) is 4.23. The molecule has 4 rings (SSSR count). The summed E-state index contributed by atoms with van der Waals surface area (Å²) < 4.78 is 5.89. The predicted octanol–water partition coefficient (Wildman–Crippen LogP) is 4.61. The van der Waals surface area contributed by atoms with E-state index >= 15 is 0 Å². The first kappa shape index (κ1) is 19.3. The van der Waals surface area contributed by atoms with Gasteiger partial charge in [-0.2, -0.15) is 0 Å². The van der Waals surface area contributed by atoms with Gasteiger partial charge >= 0.3 is 0 Å². The third-order valence-corrected chi connectivity index (χ3v) is 4.50. The van der Waals surface area contributed by atoms with Crippen LogP contribution >= 0.6 is 0 Å². The lowest BCUT2D eigenvalue weighted by molar-refractivity contribution is -0.114. The zero-order chi connectivity index (χ0) is 20.9. The van der Waals surface area contributed by atoms with Gasteiger partial charge in [-0.3, -0.25) is 9.78 Å². The van der Waals surface area contributed by atoms with Gasteiger partial charge in [-0.25, -0.2) is 9.97 Å². The Morgan fingerprint density at radius 1 is 1.00 bits per heavy atom. The van der Waals surface area contributed by atoms with Gasteiger partial charge < -0.3 is 15.4 Å². The average molecular weight is 399 g/mol. The van der Waals surface area contributed by atoms with Crippen molar-refractivity contribution in [3.63, 3.8) is 0 Å². The number of aromatic nitrogens is 3. The summed E-state index contributed by atoms with van der Waals surface area (Å²) in [4.78, 5) is 24.3. The third kappa shape index (κ3) is 4.52. The highest BCUT2D eigenvalue weighted by atomic mass is 16.5. The Kier molecular flexibility index (Phi) is 5.52. The van der Waals surface area contributed by atoms with E-state index in [1.807, 2.05) is 61.5 Å². The highest BCUT2D eigenvalue weighted by Crippen LogP contribution is 2.28. The molecule has 2 aromatic carbocycles. The molecule has 0 saturated carbocycles. The van der Waals surface area contributed by atoms with E-state index in [4.69, 9.17) is 4.74 Å². The molecule has 0 radical (unpaired) electrons. The van der Waals surface area contributed by atoms with Crippen LogP contribution in [0.5, 0.6) is 5.75 Å². The van der Waals surface area contributed by atoms with E-state index in [1.165, 1.54) is 13.3 Å². The van der Waals surface area contributed by atoms with Gasteiger partial charge in [0.15, 0.2) is 0 Å². The monoisotopic (exact) mass is 399 g/mol. The molecule has 0 saturated heterocycles. The first-order valence-corrected chi connectivity index (χ1v) is 9.51. The molecule has 30 heavy (non-hydrogen) atoms. The van der Waals surface area contributed by atoms with E-state index in [9.17, 15) is 4.79 Å². The molecule has 0 fully saturated rings. The fourth-order valence-electron chi connectivity index (χ4n) is 3.10. The van der Waals surface area contributed by atoms with E-state index in [2.05, 4.69) is 25.6 Å². The largest absolute Gasteiger partial charge is 0.487 e. The van der Waals surface area contributed by atoms with Crippen molar-refractivity contribution in [1.82, 2.24) is 15.0 Å². The summed E-state index contributed by atoms with van der Waals surface area (Å²) in [5, 5.41) is 6.94. The highest BCUT2D eigenvalue weighted by Gasteiger charge is 2.08. The van der Waals surface area contributed by atoms with Crippen molar-refractivity contribution in [2.75, 3.05) is 10.6 Å². The minimum atomic E-state index is -0.127. The number of benzene rings is 2. The fourth-order valence-corrected chi connectivity index (χ4v) is 3.10. The predicted molar refractivity (Wildman–Crippen MR) is 117 cm³/mol. The molecule has 150 valence electrons. The van der Waals surface area contributed by atoms with Crippen molar-refractivity contribution in [3.8, 4) is 5.75 Å². The number of carbonyl (C=O) groups excluding carboxylic acids is 1. The van der Waals surface area contributed by atoms with Crippen LogP contribution in [0, 0.1) is 6.92 Å². The van der Waals surface area contributed by atoms with Crippen molar-refractivity contribution >= 4 is 34.0 Å². The SMILES string of the molecule is CC(=O)Nc1ccc2ncnc(Nc3ccc(OCc4ccccn4)c(C)c3)c2c1. The zero-order valence-electron chi connectivity index (χ0n) is 16.7. The van der Waals surface area contributed by atoms with Crippen LogP contribution in [0.2, 0.25) is 0 Å². The van der Waals surface area contributed by atoms with Crippen LogP contribution in [0.4, 0.5) is 17.2 Å².